The zero-order valence-electron chi connectivity index (χ0n) is 30.9. The summed E-state index contributed by atoms with van der Waals surface area (Å²) in [5, 5.41) is 17.2. The molecule has 54 heavy (non-hydrogen) atoms. The van der Waals surface area contributed by atoms with E-state index in [-0.39, 0.29) is 29.7 Å². The monoisotopic (exact) mass is 942 g/mol. The lowest BCUT2D eigenvalue weighted by atomic mass is 9.80. The van der Waals surface area contributed by atoms with E-state index in [0.29, 0.717) is 58.2 Å². The van der Waals surface area contributed by atoms with Crippen molar-refractivity contribution in [2.45, 2.75) is 40.5 Å². The van der Waals surface area contributed by atoms with Gasteiger partial charge in [-0.2, -0.15) is 0 Å². The standard InChI is InChI=1S/C19H21BrFNO3.C13H18BrNO3.C6H5BBrFO2/c1-4-25-19(23)18-13(9-12(2)11-24-3)5-8-17(22-18)15-10-14(20)6-7-16(15)21;1-4-18-13(16)12-10(5-6-11(14)15-12)7-9(2)8-17-3;8-4-1-2-6(9)5(3-4)7(10)11/h5-8,10,12H,4,9,11H2,1-3H3;5-6,9H,4,7-8H2,1-3H3;1-3,10-11H. The second kappa shape index (κ2) is 24.4. The van der Waals surface area contributed by atoms with Gasteiger partial charge in [0.25, 0.3) is 0 Å². The predicted octanol–water partition coefficient (Wildman–Crippen LogP) is 7.77. The Morgan fingerprint density at radius 2 is 1.20 bits per heavy atom. The van der Waals surface area contributed by atoms with Crippen molar-refractivity contribution in [3.05, 3.63) is 108 Å². The fraction of sp³-hybridized carbons (Fsp3) is 0.368. The lowest BCUT2D eigenvalue weighted by Crippen LogP contribution is -2.32. The van der Waals surface area contributed by atoms with Gasteiger partial charge in [-0.05, 0) is 114 Å². The molecule has 10 nitrogen and oxygen atoms in total. The van der Waals surface area contributed by atoms with Crippen molar-refractivity contribution in [1.29, 1.82) is 0 Å². The minimum atomic E-state index is -1.76. The Balaban J connectivity index is 0.000000303. The van der Waals surface area contributed by atoms with Crippen LogP contribution in [0.2, 0.25) is 0 Å². The number of methoxy groups -OCH3 is 2. The Hall–Kier alpha value is -3.12. The molecule has 16 heteroatoms. The average Bonchev–Trinajstić information content (AvgIpc) is 3.12. The minimum Gasteiger partial charge on any atom is -0.461 e. The molecular formula is C38H44BBr3F2N2O8. The highest BCUT2D eigenvalue weighted by molar-refractivity contribution is 9.11. The van der Waals surface area contributed by atoms with Crippen molar-refractivity contribution in [1.82, 2.24) is 9.97 Å². The van der Waals surface area contributed by atoms with E-state index in [4.69, 9.17) is 29.0 Å². The van der Waals surface area contributed by atoms with Crippen LogP contribution in [-0.4, -0.2) is 79.7 Å². The molecule has 2 heterocycles. The Morgan fingerprint density at radius 3 is 1.69 bits per heavy atom. The zero-order valence-corrected chi connectivity index (χ0v) is 35.6. The maximum atomic E-state index is 14.2. The number of carbonyl (C=O) groups excluding carboxylic acids is 2. The summed E-state index contributed by atoms with van der Waals surface area (Å²) in [4.78, 5) is 32.7. The van der Waals surface area contributed by atoms with E-state index in [2.05, 4.69) is 64.7 Å². The van der Waals surface area contributed by atoms with Crippen LogP contribution in [0.3, 0.4) is 0 Å². The Labute approximate surface area is 340 Å². The number of nitrogens with zero attached hydrogens (tertiary/aromatic N) is 2. The van der Waals surface area contributed by atoms with Crippen LogP contribution in [0.1, 0.15) is 59.8 Å². The SMILES string of the molecule is CCOC(=O)c1nc(-c2cc(Br)ccc2F)ccc1CC(C)COC.CCOC(=O)c1nc(Br)ccc1CC(C)COC.OB(O)c1cc(Br)ccc1F. The van der Waals surface area contributed by atoms with E-state index in [1.807, 2.05) is 19.1 Å². The van der Waals surface area contributed by atoms with E-state index >= 15 is 0 Å². The van der Waals surface area contributed by atoms with Crippen LogP contribution in [0.5, 0.6) is 0 Å². The molecule has 4 rings (SSSR count). The summed E-state index contributed by atoms with van der Waals surface area (Å²) in [7, 11) is 1.55. The third kappa shape index (κ3) is 15.6. The van der Waals surface area contributed by atoms with Gasteiger partial charge in [-0.1, -0.05) is 57.8 Å². The summed E-state index contributed by atoms with van der Waals surface area (Å²) in [5.41, 5.74) is 2.86. The highest BCUT2D eigenvalue weighted by Gasteiger charge is 2.20. The number of hydrogen-bond donors (Lipinski definition) is 2. The van der Waals surface area contributed by atoms with Crippen LogP contribution in [0, 0.1) is 23.5 Å². The third-order valence-corrected chi connectivity index (χ3v) is 8.77. The topological polar surface area (TPSA) is 137 Å². The molecule has 0 aliphatic rings. The fourth-order valence-electron chi connectivity index (χ4n) is 5.03. The Bertz CT molecular complexity index is 1820. The van der Waals surface area contributed by atoms with Gasteiger partial charge in [0.1, 0.15) is 16.2 Å². The number of rotatable bonds is 14. The van der Waals surface area contributed by atoms with E-state index < -0.39 is 24.7 Å². The van der Waals surface area contributed by atoms with E-state index in [1.165, 1.54) is 24.3 Å². The van der Waals surface area contributed by atoms with Gasteiger partial charge in [0.2, 0.25) is 0 Å². The first-order valence-electron chi connectivity index (χ1n) is 16.9. The molecule has 292 valence electrons. The number of pyridine rings is 2. The molecule has 4 aromatic rings. The van der Waals surface area contributed by atoms with Crippen LogP contribution in [0.15, 0.2) is 74.2 Å². The molecular weight excluding hydrogens is 901 g/mol. The molecule has 0 saturated carbocycles. The van der Waals surface area contributed by atoms with E-state index in [1.54, 1.807) is 52.3 Å². The van der Waals surface area contributed by atoms with Gasteiger partial charge in [-0.25, -0.2) is 28.3 Å². The van der Waals surface area contributed by atoms with E-state index in [9.17, 15) is 18.4 Å². The smallest absolute Gasteiger partial charge is 0.461 e. The number of halogens is 5. The predicted molar refractivity (Wildman–Crippen MR) is 215 cm³/mol. The molecule has 0 bridgehead atoms. The number of aromatic nitrogens is 2. The van der Waals surface area contributed by atoms with Gasteiger partial charge >= 0.3 is 19.1 Å². The van der Waals surface area contributed by atoms with Crippen LogP contribution in [0.25, 0.3) is 11.3 Å². The first-order chi connectivity index (χ1) is 25.6. The molecule has 2 unspecified atom stereocenters. The molecule has 2 atom stereocenters. The maximum absolute atomic E-state index is 14.2. The third-order valence-electron chi connectivity index (χ3n) is 7.34. The number of esters is 2. The summed E-state index contributed by atoms with van der Waals surface area (Å²) >= 11 is 9.68. The van der Waals surface area contributed by atoms with E-state index in [0.717, 1.165) is 22.0 Å². The van der Waals surface area contributed by atoms with Gasteiger partial charge in [0.15, 0.2) is 11.4 Å². The highest BCUT2D eigenvalue weighted by Crippen LogP contribution is 2.27. The normalized spacial score (nSPS) is 11.6. The van der Waals surface area contributed by atoms with Gasteiger partial charge in [-0.3, -0.25) is 0 Å². The van der Waals surface area contributed by atoms with Crippen molar-refractivity contribution in [2.75, 3.05) is 40.6 Å². The quantitative estimate of drug-likeness (QED) is 0.0734. The summed E-state index contributed by atoms with van der Waals surface area (Å²) < 4.78 is 49.2. The first kappa shape index (κ1) is 47.0. The van der Waals surface area contributed by atoms with Gasteiger partial charge in [0.05, 0.1) is 18.9 Å². The molecule has 0 fully saturated rings. The van der Waals surface area contributed by atoms with Crippen LogP contribution in [-0.2, 0) is 31.8 Å². The van der Waals surface area contributed by atoms with Crippen LogP contribution in [0.4, 0.5) is 8.78 Å². The second-order valence-electron chi connectivity index (χ2n) is 12.0. The molecule has 0 spiro atoms. The zero-order chi connectivity index (χ0) is 40.4. The molecule has 2 N–H and O–H groups in total. The fourth-order valence-corrected chi connectivity index (χ4v) is 6.08. The second-order valence-corrected chi connectivity index (χ2v) is 14.6. The number of ether oxygens (including phenoxy) is 4. The van der Waals surface area contributed by atoms with Gasteiger partial charge in [-0.15, -0.1) is 0 Å². The number of benzene rings is 2. The number of hydrogen-bond acceptors (Lipinski definition) is 10. The molecule has 0 radical (unpaired) electrons. The Morgan fingerprint density at radius 1 is 0.722 bits per heavy atom. The van der Waals surface area contributed by atoms with Crippen LogP contribution >= 0.6 is 47.8 Å². The summed E-state index contributed by atoms with van der Waals surface area (Å²) in [6.45, 7) is 9.44. The molecule has 2 aromatic carbocycles. The largest absolute Gasteiger partial charge is 0.491 e. The van der Waals surface area contributed by atoms with Gasteiger partial charge in [0, 0.05) is 47.4 Å². The molecule has 2 aromatic heterocycles. The molecule has 0 saturated heterocycles. The van der Waals surface area contributed by atoms with Crippen molar-refractivity contribution < 1.29 is 47.4 Å². The maximum Gasteiger partial charge on any atom is 0.491 e. The number of carbonyl (C=O) groups is 2. The van der Waals surface area contributed by atoms with Crippen molar-refractivity contribution in [3.63, 3.8) is 0 Å². The summed E-state index contributed by atoms with van der Waals surface area (Å²) in [5.74, 6) is -1.36. The molecule has 0 aliphatic heterocycles. The highest BCUT2D eigenvalue weighted by atomic mass is 79.9. The Kier molecular flexibility index (Phi) is 21.3. The minimum absolute atomic E-state index is 0.126. The molecule has 0 amide bonds. The van der Waals surface area contributed by atoms with Gasteiger partial charge < -0.3 is 29.0 Å². The lowest BCUT2D eigenvalue weighted by Gasteiger charge is -2.14. The van der Waals surface area contributed by atoms with Crippen molar-refractivity contribution in [3.8, 4) is 11.3 Å². The molecule has 0 aliphatic carbocycles. The summed E-state index contributed by atoms with van der Waals surface area (Å²) in [6.07, 6.45) is 1.36. The summed E-state index contributed by atoms with van der Waals surface area (Å²) in [6, 6.07) is 15.8. The van der Waals surface area contributed by atoms with Crippen molar-refractivity contribution in [2.24, 2.45) is 11.8 Å². The average molecular weight is 945 g/mol. The van der Waals surface area contributed by atoms with Crippen molar-refractivity contribution >= 4 is 72.3 Å². The van der Waals surface area contributed by atoms with Crippen LogP contribution < -0.4 is 5.46 Å². The first-order valence-corrected chi connectivity index (χ1v) is 19.3. The lowest BCUT2D eigenvalue weighted by molar-refractivity contribution is 0.0508.